The number of benzene rings is 1. The zero-order valence-corrected chi connectivity index (χ0v) is 10.8. The Hall–Kier alpha value is -3.17. The van der Waals surface area contributed by atoms with Gasteiger partial charge in [0.25, 0.3) is 0 Å². The summed E-state index contributed by atoms with van der Waals surface area (Å²) in [5.74, 6) is -0.258. The summed E-state index contributed by atoms with van der Waals surface area (Å²) in [5.41, 5.74) is -3.18. The summed E-state index contributed by atoms with van der Waals surface area (Å²) in [4.78, 5) is 31.6. The van der Waals surface area contributed by atoms with Gasteiger partial charge in [-0.1, -0.05) is 0 Å². The zero-order valence-electron chi connectivity index (χ0n) is 10.8. The summed E-state index contributed by atoms with van der Waals surface area (Å²) in [6.07, 6.45) is 0. The minimum atomic E-state index is -1.29. The summed E-state index contributed by atoms with van der Waals surface area (Å²) in [6.45, 7) is 0. The van der Waals surface area contributed by atoms with E-state index < -0.39 is 32.4 Å². The lowest BCUT2D eigenvalue weighted by molar-refractivity contribution is -0.387. The first-order valence-corrected chi connectivity index (χ1v) is 5.42. The Morgan fingerprint density at radius 1 is 1.10 bits per heavy atom. The van der Waals surface area contributed by atoms with Gasteiger partial charge in [-0.15, -0.1) is 0 Å². The molecule has 0 radical (unpaired) electrons. The first-order chi connectivity index (χ1) is 9.90. The van der Waals surface area contributed by atoms with Gasteiger partial charge in [0.05, 0.1) is 24.1 Å². The molecule has 110 valence electrons. The number of nitro groups is 2. The van der Waals surface area contributed by atoms with Crippen molar-refractivity contribution in [2.75, 3.05) is 14.2 Å². The third kappa shape index (κ3) is 2.22. The van der Waals surface area contributed by atoms with Crippen molar-refractivity contribution < 1.29 is 23.7 Å². The van der Waals surface area contributed by atoms with Crippen LogP contribution < -0.4 is 15.1 Å². The molecular weight excluding hydrogens is 288 g/mol. The van der Waals surface area contributed by atoms with Gasteiger partial charge in [0.1, 0.15) is 0 Å². The summed E-state index contributed by atoms with van der Waals surface area (Å²) >= 11 is 0. The molecule has 1 aromatic carbocycles. The predicted octanol–water partition coefficient (Wildman–Crippen LogP) is 1.63. The lowest BCUT2D eigenvalue weighted by Crippen LogP contribution is -2.07. The summed E-state index contributed by atoms with van der Waals surface area (Å²) in [5, 5.41) is 21.9. The van der Waals surface area contributed by atoms with Gasteiger partial charge in [-0.25, -0.2) is 4.79 Å². The molecule has 0 amide bonds. The van der Waals surface area contributed by atoms with Crippen molar-refractivity contribution in [2.24, 2.45) is 0 Å². The fraction of sp³-hybridized carbons (Fsp3) is 0.182. The highest BCUT2D eigenvalue weighted by molar-refractivity contribution is 5.92. The molecule has 21 heavy (non-hydrogen) atoms. The van der Waals surface area contributed by atoms with Crippen molar-refractivity contribution in [3.63, 3.8) is 0 Å². The normalized spacial score (nSPS) is 10.4. The fourth-order valence-corrected chi connectivity index (χ4v) is 1.84. The Morgan fingerprint density at radius 3 is 2.24 bits per heavy atom. The topological polar surface area (TPSA) is 135 Å². The molecule has 2 aromatic rings. The van der Waals surface area contributed by atoms with E-state index in [1.165, 1.54) is 20.3 Å². The number of nitrogens with zero attached hydrogens (tertiary/aromatic N) is 2. The molecule has 0 aliphatic rings. The SMILES string of the molecule is COc1cc2cc([N+](=O)[O-])c(=O)oc2c([N+](=O)[O-])c1OC. The van der Waals surface area contributed by atoms with Crippen molar-refractivity contribution >= 4 is 22.3 Å². The molecule has 0 saturated carbocycles. The predicted molar refractivity (Wildman–Crippen MR) is 68.9 cm³/mol. The van der Waals surface area contributed by atoms with Crippen LogP contribution in [0.2, 0.25) is 0 Å². The highest BCUT2D eigenvalue weighted by Crippen LogP contribution is 2.42. The molecule has 0 atom stereocenters. The Labute approximate surface area is 115 Å². The van der Waals surface area contributed by atoms with Crippen molar-refractivity contribution in [1.29, 1.82) is 0 Å². The molecule has 1 aromatic heterocycles. The first-order valence-electron chi connectivity index (χ1n) is 5.42. The molecule has 0 bridgehead atoms. The molecule has 0 saturated heterocycles. The Balaban J connectivity index is 2.99. The third-order valence-corrected chi connectivity index (χ3v) is 2.70. The van der Waals surface area contributed by atoms with E-state index in [0.717, 1.165) is 6.07 Å². The van der Waals surface area contributed by atoms with Crippen molar-refractivity contribution in [3.8, 4) is 11.5 Å². The minimum absolute atomic E-state index is 0.0140. The van der Waals surface area contributed by atoms with E-state index in [0.29, 0.717) is 0 Å². The molecule has 0 spiro atoms. The monoisotopic (exact) mass is 296 g/mol. The zero-order chi connectivity index (χ0) is 15.7. The van der Waals surface area contributed by atoms with Crippen LogP contribution in [-0.2, 0) is 0 Å². The molecule has 0 aliphatic carbocycles. The number of fused-ring (bicyclic) bond motifs is 1. The van der Waals surface area contributed by atoms with Crippen LogP contribution in [0.25, 0.3) is 11.0 Å². The Bertz CT molecular complexity index is 810. The molecule has 0 unspecified atom stereocenters. The largest absolute Gasteiger partial charge is 0.493 e. The van der Waals surface area contributed by atoms with Crippen LogP contribution in [0.5, 0.6) is 11.5 Å². The average Bonchev–Trinajstić information content (AvgIpc) is 2.43. The quantitative estimate of drug-likeness (QED) is 0.471. The van der Waals surface area contributed by atoms with Crippen molar-refractivity contribution in [1.82, 2.24) is 0 Å². The van der Waals surface area contributed by atoms with E-state index in [2.05, 4.69) is 0 Å². The van der Waals surface area contributed by atoms with Crippen LogP contribution in [0.15, 0.2) is 21.3 Å². The van der Waals surface area contributed by atoms with Gasteiger partial charge in [-0.2, -0.15) is 0 Å². The molecule has 0 N–H and O–H groups in total. The van der Waals surface area contributed by atoms with Crippen LogP contribution in [0.3, 0.4) is 0 Å². The first kappa shape index (κ1) is 14.2. The highest BCUT2D eigenvalue weighted by Gasteiger charge is 2.29. The van der Waals surface area contributed by atoms with Crippen LogP contribution >= 0.6 is 0 Å². The van der Waals surface area contributed by atoms with Gasteiger partial charge in [0.15, 0.2) is 5.75 Å². The van der Waals surface area contributed by atoms with Gasteiger partial charge in [-0.3, -0.25) is 20.2 Å². The summed E-state index contributed by atoms with van der Waals surface area (Å²) in [7, 11) is 2.43. The second-order valence-electron chi connectivity index (χ2n) is 3.81. The molecule has 0 aliphatic heterocycles. The number of hydrogen-bond donors (Lipinski definition) is 0. The number of rotatable bonds is 4. The van der Waals surface area contributed by atoms with E-state index in [-0.39, 0.29) is 16.9 Å². The van der Waals surface area contributed by atoms with E-state index in [1.54, 1.807) is 0 Å². The summed E-state index contributed by atoms with van der Waals surface area (Å²) in [6, 6.07) is 2.13. The van der Waals surface area contributed by atoms with Crippen LogP contribution in [-0.4, -0.2) is 24.1 Å². The second-order valence-corrected chi connectivity index (χ2v) is 3.81. The Kier molecular flexibility index (Phi) is 3.44. The van der Waals surface area contributed by atoms with Gasteiger partial charge in [-0.05, 0) is 6.07 Å². The molecule has 1 heterocycles. The number of methoxy groups -OCH3 is 2. The van der Waals surface area contributed by atoms with Gasteiger partial charge in [0, 0.05) is 11.5 Å². The maximum atomic E-state index is 11.5. The average molecular weight is 296 g/mol. The lowest BCUT2D eigenvalue weighted by Gasteiger charge is -2.09. The fourth-order valence-electron chi connectivity index (χ4n) is 1.84. The maximum absolute atomic E-state index is 11.5. The van der Waals surface area contributed by atoms with Gasteiger partial charge >= 0.3 is 17.0 Å². The third-order valence-electron chi connectivity index (χ3n) is 2.70. The molecule has 2 rings (SSSR count). The smallest absolute Gasteiger partial charge is 0.415 e. The number of nitro benzene ring substituents is 1. The van der Waals surface area contributed by atoms with E-state index in [9.17, 15) is 25.0 Å². The molecule has 10 nitrogen and oxygen atoms in total. The summed E-state index contributed by atoms with van der Waals surface area (Å²) < 4.78 is 14.6. The molecule has 10 heteroatoms. The van der Waals surface area contributed by atoms with Crippen molar-refractivity contribution in [2.45, 2.75) is 0 Å². The van der Waals surface area contributed by atoms with E-state index in [4.69, 9.17) is 13.9 Å². The van der Waals surface area contributed by atoms with Crippen LogP contribution in [0, 0.1) is 20.2 Å². The number of ether oxygens (including phenoxy) is 2. The van der Waals surface area contributed by atoms with Gasteiger partial charge in [0.2, 0.25) is 11.3 Å². The highest BCUT2D eigenvalue weighted by atomic mass is 16.6. The maximum Gasteiger partial charge on any atom is 0.415 e. The van der Waals surface area contributed by atoms with Crippen molar-refractivity contribution in [3.05, 3.63) is 42.8 Å². The second kappa shape index (κ2) is 5.07. The molecular formula is C11H8N2O8. The Morgan fingerprint density at radius 2 is 1.76 bits per heavy atom. The number of hydrogen-bond acceptors (Lipinski definition) is 8. The lowest BCUT2D eigenvalue weighted by atomic mass is 10.1. The van der Waals surface area contributed by atoms with Gasteiger partial charge < -0.3 is 13.9 Å². The van der Waals surface area contributed by atoms with Crippen LogP contribution in [0.4, 0.5) is 11.4 Å². The van der Waals surface area contributed by atoms with E-state index >= 15 is 0 Å². The standard InChI is InChI=1S/C11H8N2O8/c1-19-7-4-5-3-6(12(15)16)11(14)21-9(5)8(13(17)18)10(7)20-2/h3-4H,1-2H3. The van der Waals surface area contributed by atoms with Crippen LogP contribution in [0.1, 0.15) is 0 Å². The molecule has 0 fully saturated rings. The van der Waals surface area contributed by atoms with E-state index in [1.807, 2.05) is 0 Å². The minimum Gasteiger partial charge on any atom is -0.493 e.